The van der Waals surface area contributed by atoms with Crippen molar-refractivity contribution in [3.8, 4) is 33.4 Å². The highest BCUT2D eigenvalue weighted by Crippen LogP contribution is 2.63. The Labute approximate surface area is 313 Å². The van der Waals surface area contributed by atoms with Crippen LogP contribution < -0.4 is 5.32 Å². The zero-order valence-corrected chi connectivity index (χ0v) is 29.9. The van der Waals surface area contributed by atoms with Crippen molar-refractivity contribution in [1.29, 1.82) is 0 Å². The van der Waals surface area contributed by atoms with Crippen molar-refractivity contribution in [2.45, 2.75) is 25.0 Å². The molecule has 2 aliphatic rings. The van der Waals surface area contributed by atoms with E-state index in [1.54, 1.807) is 0 Å². The minimum Gasteiger partial charge on any atom is -0.355 e. The fourth-order valence-corrected chi connectivity index (χ4v) is 10.6. The van der Waals surface area contributed by atoms with E-state index >= 15 is 0 Å². The molecular formula is C49H33NS2. The van der Waals surface area contributed by atoms with Crippen LogP contribution in [-0.2, 0) is 5.41 Å². The lowest BCUT2D eigenvalue weighted by atomic mass is 9.64. The molecule has 1 atom stereocenters. The van der Waals surface area contributed by atoms with E-state index in [1.807, 2.05) is 23.5 Å². The summed E-state index contributed by atoms with van der Waals surface area (Å²) >= 11 is 3.80. The molecule has 8 aromatic rings. The van der Waals surface area contributed by atoms with E-state index < -0.39 is 5.41 Å². The second-order valence-corrected chi connectivity index (χ2v) is 15.5. The molecule has 2 aliphatic heterocycles. The third-order valence-electron chi connectivity index (χ3n) is 10.4. The minimum absolute atomic E-state index is 0.494. The molecule has 0 saturated carbocycles. The molecule has 0 fully saturated rings. The molecule has 0 aliphatic carbocycles. The van der Waals surface area contributed by atoms with Crippen molar-refractivity contribution in [3.05, 3.63) is 216 Å². The van der Waals surface area contributed by atoms with Gasteiger partial charge in [-0.05, 0) is 98.6 Å². The van der Waals surface area contributed by atoms with Crippen LogP contribution in [0.5, 0.6) is 0 Å². The van der Waals surface area contributed by atoms with Crippen molar-refractivity contribution in [1.82, 2.24) is 0 Å². The van der Waals surface area contributed by atoms with Gasteiger partial charge in [0.2, 0.25) is 0 Å². The molecule has 0 radical (unpaired) electrons. The highest BCUT2D eigenvalue weighted by molar-refractivity contribution is 8.00. The molecule has 1 N–H and O–H groups in total. The lowest BCUT2D eigenvalue weighted by molar-refractivity contribution is 0.668. The zero-order chi connectivity index (χ0) is 34.5. The monoisotopic (exact) mass is 699 g/mol. The van der Waals surface area contributed by atoms with Crippen LogP contribution in [0.25, 0.3) is 33.4 Å². The molecule has 246 valence electrons. The van der Waals surface area contributed by atoms with E-state index in [4.69, 9.17) is 0 Å². The first-order valence-electron chi connectivity index (χ1n) is 17.7. The summed E-state index contributed by atoms with van der Waals surface area (Å²) in [6.45, 7) is 0. The molecule has 8 aromatic carbocycles. The van der Waals surface area contributed by atoms with Crippen LogP contribution >= 0.6 is 23.5 Å². The average Bonchev–Trinajstić information content (AvgIpc) is 3.21. The van der Waals surface area contributed by atoms with Gasteiger partial charge in [0.05, 0.1) is 5.41 Å². The second-order valence-electron chi connectivity index (χ2n) is 13.3. The fourth-order valence-electron chi connectivity index (χ4n) is 8.08. The first kappa shape index (κ1) is 31.0. The Balaban J connectivity index is 1.22. The number of anilines is 2. The third-order valence-corrected chi connectivity index (χ3v) is 12.8. The number of nitrogens with one attached hydrogen (secondary N) is 1. The summed E-state index contributed by atoms with van der Waals surface area (Å²) in [6, 6.07) is 71.1. The quantitative estimate of drug-likeness (QED) is 0.192. The Morgan fingerprint density at radius 1 is 0.346 bits per heavy atom. The molecule has 2 heterocycles. The number of benzene rings is 8. The van der Waals surface area contributed by atoms with Gasteiger partial charge in [-0.25, -0.2) is 0 Å². The smallest absolute Gasteiger partial charge is 0.0745 e. The topological polar surface area (TPSA) is 12.0 Å². The van der Waals surface area contributed by atoms with Crippen LogP contribution in [0, 0.1) is 0 Å². The first-order valence-corrected chi connectivity index (χ1v) is 19.3. The summed E-state index contributed by atoms with van der Waals surface area (Å²) in [7, 11) is 0. The Bertz CT molecular complexity index is 2590. The van der Waals surface area contributed by atoms with Crippen molar-refractivity contribution in [3.63, 3.8) is 0 Å². The molecule has 1 unspecified atom stereocenters. The summed E-state index contributed by atoms with van der Waals surface area (Å²) in [5, 5.41) is 3.69. The molecule has 3 heteroatoms. The highest BCUT2D eigenvalue weighted by atomic mass is 32.2. The van der Waals surface area contributed by atoms with Gasteiger partial charge in [0.25, 0.3) is 0 Å². The van der Waals surface area contributed by atoms with Crippen LogP contribution in [0.2, 0.25) is 0 Å². The Morgan fingerprint density at radius 2 is 0.885 bits per heavy atom. The third kappa shape index (κ3) is 5.04. The second kappa shape index (κ2) is 12.8. The summed E-state index contributed by atoms with van der Waals surface area (Å²) in [5.74, 6) is 0. The van der Waals surface area contributed by atoms with Gasteiger partial charge >= 0.3 is 0 Å². The van der Waals surface area contributed by atoms with Gasteiger partial charge in [0.15, 0.2) is 0 Å². The molecule has 1 nitrogen and oxygen atoms in total. The number of rotatable bonds is 5. The van der Waals surface area contributed by atoms with E-state index in [-0.39, 0.29) is 0 Å². The SMILES string of the molecule is c1ccc(Nc2ccc(-c3ccc4c(c3)C3(c5ccccc5S4)c4ccccc4Sc4c(-c5ccccc5)cccc43)cc2-c2ccccc2)cc1. The number of hydrogen-bond donors (Lipinski definition) is 1. The van der Waals surface area contributed by atoms with Gasteiger partial charge in [-0.2, -0.15) is 0 Å². The van der Waals surface area contributed by atoms with Crippen molar-refractivity contribution in [2.24, 2.45) is 0 Å². The van der Waals surface area contributed by atoms with Gasteiger partial charge in [0.1, 0.15) is 0 Å². The molecule has 0 bridgehead atoms. The predicted molar refractivity (Wildman–Crippen MR) is 219 cm³/mol. The first-order chi connectivity index (χ1) is 25.8. The van der Waals surface area contributed by atoms with Gasteiger partial charge in [-0.1, -0.05) is 169 Å². The summed E-state index contributed by atoms with van der Waals surface area (Å²) < 4.78 is 0. The standard InChI is InChI=1S/C49H33NS2/c1-4-15-33(16-5-1)38-21-14-24-42-48(38)52-46-26-13-11-23-41(46)49(42)40-22-10-12-25-45(40)51-47-30-28-36(32-43(47)49)35-27-29-44(50-37-19-8-3-9-20-37)39(31-35)34-17-6-2-7-18-34/h1-32,50H. The normalized spacial score (nSPS) is 15.2. The van der Waals surface area contributed by atoms with Crippen LogP contribution in [0.1, 0.15) is 22.3 Å². The number of para-hydroxylation sites is 1. The fraction of sp³-hybridized carbons (Fsp3) is 0.0204. The summed E-state index contributed by atoms with van der Waals surface area (Å²) in [5.41, 5.74) is 14.3. The lowest BCUT2D eigenvalue weighted by Crippen LogP contribution is -2.36. The van der Waals surface area contributed by atoms with Crippen molar-refractivity contribution < 1.29 is 0 Å². The molecule has 1 spiro atoms. The zero-order valence-electron chi connectivity index (χ0n) is 28.3. The van der Waals surface area contributed by atoms with Crippen molar-refractivity contribution >= 4 is 34.9 Å². The minimum atomic E-state index is -0.494. The largest absolute Gasteiger partial charge is 0.355 e. The highest BCUT2D eigenvalue weighted by Gasteiger charge is 2.49. The van der Waals surface area contributed by atoms with Gasteiger partial charge in [0, 0.05) is 36.5 Å². The average molecular weight is 700 g/mol. The molecular weight excluding hydrogens is 667 g/mol. The number of fused-ring (bicyclic) bond motifs is 8. The van der Waals surface area contributed by atoms with Gasteiger partial charge < -0.3 is 5.32 Å². The maximum Gasteiger partial charge on any atom is 0.0745 e. The van der Waals surface area contributed by atoms with E-state index in [2.05, 4.69) is 199 Å². The van der Waals surface area contributed by atoms with Crippen LogP contribution in [0.4, 0.5) is 11.4 Å². The van der Waals surface area contributed by atoms with E-state index in [0.717, 1.165) is 11.4 Å². The molecule has 10 rings (SSSR count). The number of hydrogen-bond acceptors (Lipinski definition) is 3. The molecule has 52 heavy (non-hydrogen) atoms. The lowest BCUT2D eigenvalue weighted by Gasteiger charge is -2.46. The van der Waals surface area contributed by atoms with Crippen molar-refractivity contribution in [2.75, 3.05) is 5.32 Å². The summed E-state index contributed by atoms with van der Waals surface area (Å²) in [4.78, 5) is 5.24. The van der Waals surface area contributed by atoms with E-state index in [9.17, 15) is 0 Å². The Hall–Kier alpha value is -5.74. The van der Waals surface area contributed by atoms with Gasteiger partial charge in [-0.15, -0.1) is 0 Å². The van der Waals surface area contributed by atoms with Crippen LogP contribution in [-0.4, -0.2) is 0 Å². The maximum absolute atomic E-state index is 3.69. The molecule has 0 amide bonds. The van der Waals surface area contributed by atoms with Crippen LogP contribution in [0.15, 0.2) is 214 Å². The molecule has 0 saturated heterocycles. The van der Waals surface area contributed by atoms with E-state index in [1.165, 1.54) is 75.2 Å². The van der Waals surface area contributed by atoms with Gasteiger partial charge in [-0.3, -0.25) is 0 Å². The summed E-state index contributed by atoms with van der Waals surface area (Å²) in [6.07, 6.45) is 0. The van der Waals surface area contributed by atoms with Crippen LogP contribution in [0.3, 0.4) is 0 Å². The molecule has 0 aromatic heterocycles. The Kier molecular flexibility index (Phi) is 7.63. The predicted octanol–water partition coefficient (Wildman–Crippen LogP) is 13.7. The van der Waals surface area contributed by atoms with E-state index in [0.29, 0.717) is 0 Å². The maximum atomic E-state index is 3.69. The Morgan fingerprint density at radius 3 is 1.60 bits per heavy atom.